The lowest BCUT2D eigenvalue weighted by atomic mass is 10.0. The highest BCUT2D eigenvalue weighted by Gasteiger charge is 2.27. The van der Waals surface area contributed by atoms with Crippen LogP contribution in [-0.2, 0) is 10.0 Å². The number of piperidine rings is 1. The van der Waals surface area contributed by atoms with Crippen molar-refractivity contribution in [2.75, 3.05) is 34.2 Å². The fourth-order valence-corrected chi connectivity index (χ4v) is 4.04. The van der Waals surface area contributed by atoms with Gasteiger partial charge in [-0.15, -0.1) is 0 Å². The topological polar surface area (TPSA) is 60.9 Å². The van der Waals surface area contributed by atoms with E-state index in [9.17, 15) is 13.2 Å². The number of likely N-dealkylation sites (tertiary alicyclic amines) is 1. The third-order valence-corrected chi connectivity index (χ3v) is 6.81. The Morgan fingerprint density at radius 1 is 1.08 bits per heavy atom. The van der Waals surface area contributed by atoms with Gasteiger partial charge in [0.15, 0.2) is 0 Å². The number of amides is 1. The van der Waals surface area contributed by atoms with Crippen molar-refractivity contribution in [1.82, 2.24) is 14.1 Å². The molecule has 25 heavy (non-hydrogen) atoms. The number of rotatable bonds is 5. The van der Waals surface area contributed by atoms with Crippen LogP contribution in [0.2, 0.25) is 0 Å². The van der Waals surface area contributed by atoms with Crippen molar-refractivity contribution in [3.05, 3.63) is 29.8 Å². The molecule has 1 aromatic rings. The Balaban J connectivity index is 2.06. The van der Waals surface area contributed by atoms with E-state index in [2.05, 4.69) is 18.7 Å². The normalized spacial score (nSPS) is 17.2. The minimum absolute atomic E-state index is 0.0585. The number of benzene rings is 1. The van der Waals surface area contributed by atoms with E-state index in [-0.39, 0.29) is 16.8 Å². The van der Waals surface area contributed by atoms with Crippen molar-refractivity contribution in [1.29, 1.82) is 0 Å². The Morgan fingerprint density at radius 3 is 2.04 bits per heavy atom. The van der Waals surface area contributed by atoms with Crippen LogP contribution in [0.5, 0.6) is 0 Å². The second kappa shape index (κ2) is 7.85. The van der Waals surface area contributed by atoms with Crippen molar-refractivity contribution < 1.29 is 13.2 Å². The first-order valence-corrected chi connectivity index (χ1v) is 10.1. The van der Waals surface area contributed by atoms with Gasteiger partial charge in [0.2, 0.25) is 10.0 Å². The minimum atomic E-state index is -3.47. The number of sulfonamides is 1. The van der Waals surface area contributed by atoms with Crippen LogP contribution in [0.4, 0.5) is 0 Å². The highest BCUT2D eigenvalue weighted by molar-refractivity contribution is 7.89. The van der Waals surface area contributed by atoms with Crippen molar-refractivity contribution >= 4 is 15.9 Å². The van der Waals surface area contributed by atoms with Crippen LogP contribution in [0.15, 0.2) is 29.2 Å². The van der Waals surface area contributed by atoms with E-state index in [1.807, 2.05) is 7.05 Å². The van der Waals surface area contributed by atoms with Gasteiger partial charge in [0.1, 0.15) is 0 Å². The zero-order chi connectivity index (χ0) is 18.8. The number of nitrogens with zero attached hydrogens (tertiary/aromatic N) is 3. The lowest BCUT2D eigenvalue weighted by Crippen LogP contribution is -2.47. The van der Waals surface area contributed by atoms with E-state index < -0.39 is 10.0 Å². The first-order chi connectivity index (χ1) is 11.6. The monoisotopic (exact) mass is 367 g/mol. The van der Waals surface area contributed by atoms with Crippen molar-refractivity contribution in [3.8, 4) is 0 Å². The third kappa shape index (κ3) is 4.40. The molecule has 1 aliphatic heterocycles. The predicted octanol–water partition coefficient (Wildman–Crippen LogP) is 1.88. The van der Waals surface area contributed by atoms with Crippen LogP contribution in [0, 0.1) is 0 Å². The van der Waals surface area contributed by atoms with E-state index in [1.165, 1.54) is 30.5 Å². The van der Waals surface area contributed by atoms with Gasteiger partial charge >= 0.3 is 0 Å². The second-order valence-corrected chi connectivity index (χ2v) is 9.24. The summed E-state index contributed by atoms with van der Waals surface area (Å²) < 4.78 is 25.4. The van der Waals surface area contributed by atoms with Gasteiger partial charge in [-0.05, 0) is 51.0 Å². The van der Waals surface area contributed by atoms with Crippen molar-refractivity contribution in [2.24, 2.45) is 0 Å². The summed E-state index contributed by atoms with van der Waals surface area (Å²) in [6.45, 7) is 6.39. The number of carbonyl (C=O) groups excluding carboxylic acids is 1. The molecule has 0 saturated carbocycles. The van der Waals surface area contributed by atoms with Gasteiger partial charge < -0.3 is 9.80 Å². The molecule has 1 fully saturated rings. The standard InChI is InChI=1S/C18H29N3O3S/c1-14(2)21-12-10-16(11-13-21)20(5)18(22)15-6-8-17(9-7-15)25(23,24)19(3)4/h6-9,14,16H,10-13H2,1-5H3. The molecule has 0 aromatic heterocycles. The van der Waals surface area contributed by atoms with Gasteiger partial charge in [0.05, 0.1) is 4.90 Å². The first-order valence-electron chi connectivity index (χ1n) is 8.68. The molecule has 0 aliphatic carbocycles. The van der Waals surface area contributed by atoms with Gasteiger partial charge in [-0.3, -0.25) is 4.79 Å². The highest BCUT2D eigenvalue weighted by atomic mass is 32.2. The van der Waals surface area contributed by atoms with Crippen LogP contribution in [0.3, 0.4) is 0 Å². The average Bonchev–Trinajstić information content (AvgIpc) is 2.60. The maximum atomic E-state index is 12.7. The Bertz CT molecular complexity index is 691. The fourth-order valence-electron chi connectivity index (χ4n) is 3.14. The van der Waals surface area contributed by atoms with E-state index in [4.69, 9.17) is 0 Å². The van der Waals surface area contributed by atoms with E-state index in [1.54, 1.807) is 17.0 Å². The van der Waals surface area contributed by atoms with Crippen LogP contribution in [-0.4, -0.2) is 74.7 Å². The summed E-state index contributed by atoms with van der Waals surface area (Å²) in [6.07, 6.45) is 1.93. The summed E-state index contributed by atoms with van der Waals surface area (Å²) in [5.41, 5.74) is 0.520. The molecule has 1 heterocycles. The fraction of sp³-hybridized carbons (Fsp3) is 0.611. The maximum absolute atomic E-state index is 12.7. The Labute approximate surface area is 151 Å². The largest absolute Gasteiger partial charge is 0.339 e. The Kier molecular flexibility index (Phi) is 6.24. The van der Waals surface area contributed by atoms with E-state index >= 15 is 0 Å². The third-order valence-electron chi connectivity index (χ3n) is 4.98. The minimum Gasteiger partial charge on any atom is -0.339 e. The second-order valence-electron chi connectivity index (χ2n) is 7.09. The van der Waals surface area contributed by atoms with E-state index in [0.717, 1.165) is 25.9 Å². The summed E-state index contributed by atoms with van der Waals surface area (Å²) >= 11 is 0. The molecular formula is C18H29N3O3S. The smallest absolute Gasteiger partial charge is 0.253 e. The molecule has 1 aliphatic rings. The van der Waals surface area contributed by atoms with Crippen LogP contribution >= 0.6 is 0 Å². The van der Waals surface area contributed by atoms with Crippen molar-refractivity contribution in [3.63, 3.8) is 0 Å². The molecule has 0 atom stereocenters. The summed E-state index contributed by atoms with van der Waals surface area (Å²) in [5.74, 6) is -0.0585. The lowest BCUT2D eigenvalue weighted by Gasteiger charge is -2.38. The zero-order valence-corrected chi connectivity index (χ0v) is 16.6. The molecule has 1 saturated heterocycles. The summed E-state index contributed by atoms with van der Waals surface area (Å²) in [6, 6.07) is 6.95. The highest BCUT2D eigenvalue weighted by Crippen LogP contribution is 2.20. The molecule has 140 valence electrons. The number of carbonyl (C=O) groups is 1. The maximum Gasteiger partial charge on any atom is 0.253 e. The van der Waals surface area contributed by atoms with Crippen LogP contribution < -0.4 is 0 Å². The van der Waals surface area contributed by atoms with Crippen LogP contribution in [0.25, 0.3) is 0 Å². The molecule has 0 spiro atoms. The van der Waals surface area contributed by atoms with Crippen molar-refractivity contribution in [2.45, 2.75) is 43.7 Å². The molecular weight excluding hydrogens is 338 g/mol. The molecule has 7 heteroatoms. The quantitative estimate of drug-likeness (QED) is 0.797. The Morgan fingerprint density at radius 2 is 1.60 bits per heavy atom. The van der Waals surface area contributed by atoms with Gasteiger partial charge in [0, 0.05) is 51.9 Å². The molecule has 0 radical (unpaired) electrons. The average molecular weight is 368 g/mol. The SMILES string of the molecule is CC(C)N1CCC(N(C)C(=O)c2ccc(S(=O)(=O)N(C)C)cc2)CC1. The van der Waals surface area contributed by atoms with Gasteiger partial charge in [-0.25, -0.2) is 12.7 Å². The summed E-state index contributed by atoms with van der Waals surface area (Å²) in [7, 11) is 1.35. The van der Waals surface area contributed by atoms with E-state index in [0.29, 0.717) is 11.6 Å². The van der Waals surface area contributed by atoms with Gasteiger partial charge in [0.25, 0.3) is 5.91 Å². The molecule has 0 N–H and O–H groups in total. The lowest BCUT2D eigenvalue weighted by molar-refractivity contribution is 0.0615. The molecule has 0 unspecified atom stereocenters. The zero-order valence-electron chi connectivity index (χ0n) is 15.8. The molecule has 1 aromatic carbocycles. The number of hydrogen-bond donors (Lipinski definition) is 0. The van der Waals surface area contributed by atoms with Gasteiger partial charge in [-0.1, -0.05) is 0 Å². The molecule has 6 nitrogen and oxygen atoms in total. The first kappa shape index (κ1) is 19.9. The molecule has 0 bridgehead atoms. The molecule has 1 amide bonds. The Hall–Kier alpha value is -1.44. The van der Waals surface area contributed by atoms with Gasteiger partial charge in [-0.2, -0.15) is 0 Å². The number of hydrogen-bond acceptors (Lipinski definition) is 4. The summed E-state index contributed by atoms with van der Waals surface area (Å²) in [4.78, 5) is 17.1. The van der Waals surface area contributed by atoms with Crippen LogP contribution in [0.1, 0.15) is 37.0 Å². The summed E-state index contributed by atoms with van der Waals surface area (Å²) in [5, 5.41) is 0. The predicted molar refractivity (Wildman–Crippen MR) is 99.1 cm³/mol. The molecule has 2 rings (SSSR count).